The van der Waals surface area contributed by atoms with E-state index in [9.17, 15) is 9.59 Å². The van der Waals surface area contributed by atoms with Gasteiger partial charge in [0.25, 0.3) is 0 Å². The van der Waals surface area contributed by atoms with E-state index in [0.717, 1.165) is 10.4 Å². The summed E-state index contributed by atoms with van der Waals surface area (Å²) in [5, 5.41) is 5.34. The molecule has 1 amide bonds. The molecule has 0 aromatic carbocycles. The van der Waals surface area contributed by atoms with E-state index in [1.165, 1.54) is 17.4 Å². The Labute approximate surface area is 131 Å². The van der Waals surface area contributed by atoms with Gasteiger partial charge in [-0.3, -0.25) is 4.79 Å². The van der Waals surface area contributed by atoms with Gasteiger partial charge in [0.1, 0.15) is 4.88 Å². The Hall–Kier alpha value is -1.92. The maximum absolute atomic E-state index is 11.8. The molecule has 110 valence electrons. The Bertz CT molecular complexity index is 657. The summed E-state index contributed by atoms with van der Waals surface area (Å²) in [7, 11) is 0. The molecule has 0 aliphatic carbocycles. The Morgan fingerprint density at radius 1 is 1.43 bits per heavy atom. The molecular weight excluding hydrogens is 306 g/mol. The van der Waals surface area contributed by atoms with Crippen molar-refractivity contribution in [2.75, 3.05) is 11.9 Å². The molecule has 0 fully saturated rings. The topological polar surface area (TPSA) is 55.4 Å². The fraction of sp³-hybridized carbons (Fsp3) is 0.200. The molecule has 0 saturated carbocycles. The van der Waals surface area contributed by atoms with Gasteiger partial charge in [0, 0.05) is 11.0 Å². The highest BCUT2D eigenvalue weighted by molar-refractivity contribution is 7.18. The van der Waals surface area contributed by atoms with Crippen LogP contribution in [-0.4, -0.2) is 18.5 Å². The molecule has 2 aromatic rings. The number of thiophene rings is 2. The third-order valence-electron chi connectivity index (χ3n) is 2.57. The van der Waals surface area contributed by atoms with Crippen molar-refractivity contribution in [3.8, 4) is 0 Å². The zero-order chi connectivity index (χ0) is 15.2. The molecule has 21 heavy (non-hydrogen) atoms. The Kier molecular flexibility index (Phi) is 5.30. The van der Waals surface area contributed by atoms with E-state index in [1.807, 2.05) is 24.4 Å². The van der Waals surface area contributed by atoms with Crippen molar-refractivity contribution in [3.05, 3.63) is 45.0 Å². The molecule has 0 spiro atoms. The molecule has 4 nitrogen and oxygen atoms in total. The van der Waals surface area contributed by atoms with Crippen LogP contribution >= 0.6 is 22.7 Å². The van der Waals surface area contributed by atoms with Crippen LogP contribution in [-0.2, 0) is 9.53 Å². The molecule has 2 aromatic heterocycles. The average molecular weight is 321 g/mol. The van der Waals surface area contributed by atoms with Crippen LogP contribution in [0.2, 0.25) is 0 Å². The molecule has 1 N–H and O–H groups in total. The average Bonchev–Trinajstić information content (AvgIpc) is 3.06. The quantitative estimate of drug-likeness (QED) is 0.670. The monoisotopic (exact) mass is 321 g/mol. The first-order chi connectivity index (χ1) is 10.1. The van der Waals surface area contributed by atoms with Crippen molar-refractivity contribution in [2.45, 2.75) is 13.8 Å². The number of ether oxygens (including phenoxy) is 1. The Morgan fingerprint density at radius 3 is 2.90 bits per heavy atom. The fourth-order valence-electron chi connectivity index (χ4n) is 1.65. The van der Waals surface area contributed by atoms with Crippen molar-refractivity contribution in [3.63, 3.8) is 0 Å². The number of amides is 1. The third kappa shape index (κ3) is 4.27. The first-order valence-electron chi connectivity index (χ1n) is 6.40. The van der Waals surface area contributed by atoms with Gasteiger partial charge >= 0.3 is 5.97 Å². The van der Waals surface area contributed by atoms with E-state index < -0.39 is 0 Å². The highest BCUT2D eigenvalue weighted by Crippen LogP contribution is 2.27. The Morgan fingerprint density at radius 2 is 2.24 bits per heavy atom. The van der Waals surface area contributed by atoms with Crippen molar-refractivity contribution in [1.82, 2.24) is 0 Å². The lowest BCUT2D eigenvalue weighted by Crippen LogP contribution is -2.06. The molecule has 0 saturated heterocycles. The minimum absolute atomic E-state index is 0.222. The van der Waals surface area contributed by atoms with Crippen molar-refractivity contribution >= 4 is 45.6 Å². The lowest BCUT2D eigenvalue weighted by atomic mass is 10.3. The normalized spacial score (nSPS) is 10.8. The molecule has 2 heterocycles. The fourth-order valence-corrected chi connectivity index (χ4v) is 3.24. The van der Waals surface area contributed by atoms with Gasteiger partial charge in [-0.1, -0.05) is 6.07 Å². The molecule has 0 aliphatic rings. The van der Waals surface area contributed by atoms with E-state index in [1.54, 1.807) is 30.4 Å². The van der Waals surface area contributed by atoms with Crippen LogP contribution in [0.4, 0.5) is 5.00 Å². The van der Waals surface area contributed by atoms with E-state index >= 15 is 0 Å². The van der Waals surface area contributed by atoms with E-state index in [-0.39, 0.29) is 11.9 Å². The van der Waals surface area contributed by atoms with Gasteiger partial charge in [0.2, 0.25) is 5.91 Å². The molecule has 2 rings (SSSR count). The number of nitrogens with one attached hydrogen (secondary N) is 1. The number of carbonyl (C=O) groups excluding carboxylic acids is 2. The zero-order valence-electron chi connectivity index (χ0n) is 11.7. The summed E-state index contributed by atoms with van der Waals surface area (Å²) >= 11 is 2.78. The zero-order valence-corrected chi connectivity index (χ0v) is 13.3. The smallest absolute Gasteiger partial charge is 0.348 e. The number of esters is 1. The van der Waals surface area contributed by atoms with Crippen LogP contribution in [0.15, 0.2) is 29.7 Å². The van der Waals surface area contributed by atoms with Crippen LogP contribution < -0.4 is 5.32 Å². The van der Waals surface area contributed by atoms with Crippen LogP contribution in [0, 0.1) is 6.92 Å². The SMILES string of the molecule is CCOC(=O)c1sc(NC(=O)/C=C/c2cccs2)cc1C. The summed E-state index contributed by atoms with van der Waals surface area (Å²) < 4.78 is 4.97. The largest absolute Gasteiger partial charge is 0.462 e. The third-order valence-corrected chi connectivity index (χ3v) is 4.54. The summed E-state index contributed by atoms with van der Waals surface area (Å²) in [6.07, 6.45) is 3.23. The van der Waals surface area contributed by atoms with Gasteiger partial charge in [0.15, 0.2) is 0 Å². The lowest BCUT2D eigenvalue weighted by molar-refractivity contribution is -0.111. The van der Waals surface area contributed by atoms with Gasteiger partial charge in [-0.25, -0.2) is 4.79 Å². The molecule has 6 heteroatoms. The van der Waals surface area contributed by atoms with E-state index in [2.05, 4.69) is 5.32 Å². The maximum atomic E-state index is 11.8. The van der Waals surface area contributed by atoms with Crippen molar-refractivity contribution in [1.29, 1.82) is 0 Å². The minimum Gasteiger partial charge on any atom is -0.462 e. The number of hydrogen-bond acceptors (Lipinski definition) is 5. The predicted octanol–water partition coefficient (Wildman–Crippen LogP) is 3.95. The summed E-state index contributed by atoms with van der Waals surface area (Å²) in [5.41, 5.74) is 0.802. The molecule has 0 bridgehead atoms. The Balaban J connectivity index is 2.01. The minimum atomic E-state index is -0.352. The van der Waals surface area contributed by atoms with Crippen molar-refractivity contribution in [2.24, 2.45) is 0 Å². The summed E-state index contributed by atoms with van der Waals surface area (Å²) in [5.74, 6) is -0.574. The standard InChI is InChI=1S/C15H15NO3S2/c1-3-19-15(18)14-10(2)9-13(21-14)16-12(17)7-6-11-5-4-8-20-11/h4-9H,3H2,1-2H3,(H,16,17)/b7-6+. The first kappa shape index (κ1) is 15.5. The van der Waals surface area contributed by atoms with Gasteiger partial charge in [-0.15, -0.1) is 22.7 Å². The second-order valence-corrected chi connectivity index (χ2v) is 6.21. The maximum Gasteiger partial charge on any atom is 0.348 e. The van der Waals surface area contributed by atoms with Crippen molar-refractivity contribution < 1.29 is 14.3 Å². The highest BCUT2D eigenvalue weighted by Gasteiger charge is 2.15. The first-order valence-corrected chi connectivity index (χ1v) is 8.10. The van der Waals surface area contributed by atoms with Crippen LogP contribution in [0.25, 0.3) is 6.08 Å². The van der Waals surface area contributed by atoms with Crippen LogP contribution in [0.1, 0.15) is 27.0 Å². The number of carbonyl (C=O) groups is 2. The van der Waals surface area contributed by atoms with Gasteiger partial charge in [-0.2, -0.15) is 0 Å². The molecule has 0 atom stereocenters. The van der Waals surface area contributed by atoms with Crippen LogP contribution in [0.5, 0.6) is 0 Å². The second kappa shape index (κ2) is 7.19. The number of hydrogen-bond donors (Lipinski definition) is 1. The summed E-state index contributed by atoms with van der Waals surface area (Å²) in [6.45, 7) is 3.92. The van der Waals surface area contributed by atoms with Gasteiger partial charge in [-0.05, 0) is 43.0 Å². The predicted molar refractivity (Wildman–Crippen MR) is 87.0 cm³/mol. The van der Waals surface area contributed by atoms with Gasteiger partial charge in [0.05, 0.1) is 11.6 Å². The van der Waals surface area contributed by atoms with Gasteiger partial charge < -0.3 is 10.1 Å². The number of aryl methyl sites for hydroxylation is 1. The number of anilines is 1. The lowest BCUT2D eigenvalue weighted by Gasteiger charge is -1.99. The van der Waals surface area contributed by atoms with Crippen LogP contribution in [0.3, 0.4) is 0 Å². The summed E-state index contributed by atoms with van der Waals surface area (Å²) in [6, 6.07) is 5.63. The van der Waals surface area contributed by atoms with E-state index in [0.29, 0.717) is 16.5 Å². The second-order valence-electron chi connectivity index (χ2n) is 4.18. The number of rotatable bonds is 5. The molecular formula is C15H15NO3S2. The van der Waals surface area contributed by atoms with E-state index in [4.69, 9.17) is 4.74 Å². The highest BCUT2D eigenvalue weighted by atomic mass is 32.1. The molecule has 0 radical (unpaired) electrons. The molecule has 0 aliphatic heterocycles. The summed E-state index contributed by atoms with van der Waals surface area (Å²) in [4.78, 5) is 25.1. The molecule has 0 unspecified atom stereocenters.